The van der Waals surface area contributed by atoms with Crippen molar-refractivity contribution < 1.29 is 14.4 Å². The molecule has 0 bridgehead atoms. The van der Waals surface area contributed by atoms with Crippen molar-refractivity contribution in [2.24, 2.45) is 11.5 Å². The number of urea groups is 1. The van der Waals surface area contributed by atoms with Gasteiger partial charge in [-0.1, -0.05) is 18.2 Å². The summed E-state index contributed by atoms with van der Waals surface area (Å²) < 4.78 is 1.60. The molecular weight excluding hydrogens is 404 g/mol. The van der Waals surface area contributed by atoms with Crippen LogP contribution in [-0.4, -0.2) is 34.7 Å². The molecule has 3 aromatic rings. The van der Waals surface area contributed by atoms with Crippen LogP contribution >= 0.6 is 11.3 Å². The average molecular weight is 424 g/mol. The maximum absolute atomic E-state index is 12.7. The highest BCUT2D eigenvalue weighted by Gasteiger charge is 2.29. The topological polar surface area (TPSA) is 136 Å². The Morgan fingerprint density at radius 1 is 1.20 bits per heavy atom. The van der Waals surface area contributed by atoms with E-state index < -0.39 is 11.9 Å². The number of carbonyl (C=O) groups excluding carboxylic acids is 3. The molecule has 154 valence electrons. The van der Waals surface area contributed by atoms with E-state index in [1.165, 1.54) is 11.3 Å². The molecule has 1 aliphatic rings. The van der Waals surface area contributed by atoms with E-state index in [2.05, 4.69) is 10.4 Å². The van der Waals surface area contributed by atoms with E-state index in [-0.39, 0.29) is 18.0 Å². The summed E-state index contributed by atoms with van der Waals surface area (Å²) in [6.07, 6.45) is 2.96. The van der Waals surface area contributed by atoms with Crippen molar-refractivity contribution in [3.63, 3.8) is 0 Å². The molecule has 10 heteroatoms. The highest BCUT2D eigenvalue weighted by molar-refractivity contribution is 7.20. The summed E-state index contributed by atoms with van der Waals surface area (Å²) in [5, 5.41) is 7.38. The summed E-state index contributed by atoms with van der Waals surface area (Å²) in [4.78, 5) is 38.4. The van der Waals surface area contributed by atoms with Gasteiger partial charge in [-0.15, -0.1) is 11.3 Å². The number of likely N-dealkylation sites (N-methyl/N-ethyl adjacent to an activating group) is 1. The molecule has 1 aromatic carbocycles. The summed E-state index contributed by atoms with van der Waals surface area (Å²) >= 11 is 1.24. The third-order valence-corrected chi connectivity index (χ3v) is 6.18. The summed E-state index contributed by atoms with van der Waals surface area (Å²) in [6.45, 7) is 0.0776. The predicted octanol–water partition coefficient (Wildman–Crippen LogP) is 1.96. The number of nitrogens with one attached hydrogen (secondary N) is 1. The number of hydrogen-bond acceptors (Lipinski definition) is 5. The van der Waals surface area contributed by atoms with Gasteiger partial charge in [-0.25, -0.2) is 4.79 Å². The van der Waals surface area contributed by atoms with Crippen molar-refractivity contribution in [2.45, 2.75) is 19.4 Å². The van der Waals surface area contributed by atoms with Crippen molar-refractivity contribution in [3.8, 4) is 10.4 Å². The number of aromatic nitrogens is 2. The van der Waals surface area contributed by atoms with Crippen molar-refractivity contribution in [3.05, 3.63) is 53.3 Å². The summed E-state index contributed by atoms with van der Waals surface area (Å²) in [5.41, 5.74) is 14.3. The van der Waals surface area contributed by atoms with Crippen LogP contribution in [0.15, 0.2) is 36.5 Å². The molecule has 30 heavy (non-hydrogen) atoms. The maximum atomic E-state index is 12.7. The lowest BCUT2D eigenvalue weighted by Gasteiger charge is -2.17. The second-order valence-electron chi connectivity index (χ2n) is 6.94. The van der Waals surface area contributed by atoms with Gasteiger partial charge in [0.1, 0.15) is 11.5 Å². The Hall–Kier alpha value is -3.66. The van der Waals surface area contributed by atoms with Gasteiger partial charge in [-0.3, -0.25) is 19.6 Å². The molecule has 0 saturated carbocycles. The lowest BCUT2D eigenvalue weighted by atomic mass is 9.94. The van der Waals surface area contributed by atoms with Gasteiger partial charge in [0.05, 0.1) is 11.3 Å². The fourth-order valence-corrected chi connectivity index (χ4v) is 4.87. The standard InChI is InChI=1S/C20H20N6O3S/c1-25(11-5-3-2-4-6-11)15(27)10-26-9-13-14(24-26)8-7-12-16(18(21)28)19(23-20(22)29)30-17(12)13/h2-6,9H,7-8,10H2,1H3,(H2,21,28)(H3,22,23,29). The fraction of sp³-hybridized carbons (Fsp3) is 0.200. The van der Waals surface area contributed by atoms with Crippen LogP contribution < -0.4 is 21.7 Å². The van der Waals surface area contributed by atoms with E-state index in [1.807, 2.05) is 30.3 Å². The molecule has 1 aliphatic carbocycles. The van der Waals surface area contributed by atoms with Crippen LogP contribution in [0.25, 0.3) is 10.4 Å². The van der Waals surface area contributed by atoms with Crippen LogP contribution in [0.1, 0.15) is 21.6 Å². The van der Waals surface area contributed by atoms with Crippen LogP contribution in [0.2, 0.25) is 0 Å². The Bertz CT molecular complexity index is 1150. The first-order valence-corrected chi connectivity index (χ1v) is 10.1. The number of fused-ring (bicyclic) bond motifs is 3. The Labute approximate surface area is 176 Å². The monoisotopic (exact) mass is 424 g/mol. The van der Waals surface area contributed by atoms with Gasteiger partial charge < -0.3 is 16.4 Å². The molecule has 2 heterocycles. The zero-order chi connectivity index (χ0) is 21.4. The molecule has 0 radical (unpaired) electrons. The lowest BCUT2D eigenvalue weighted by Crippen LogP contribution is -2.30. The molecule has 0 fully saturated rings. The minimum absolute atomic E-state index is 0.0776. The highest BCUT2D eigenvalue weighted by Crippen LogP contribution is 2.44. The first kappa shape index (κ1) is 19.6. The van der Waals surface area contributed by atoms with Crippen LogP contribution in [-0.2, 0) is 24.2 Å². The minimum atomic E-state index is -0.762. The molecule has 0 atom stereocenters. The third kappa shape index (κ3) is 3.52. The predicted molar refractivity (Wildman–Crippen MR) is 115 cm³/mol. The van der Waals surface area contributed by atoms with E-state index >= 15 is 0 Å². The Balaban J connectivity index is 1.64. The van der Waals surface area contributed by atoms with Gasteiger partial charge >= 0.3 is 6.03 Å². The molecule has 5 N–H and O–H groups in total. The van der Waals surface area contributed by atoms with Gasteiger partial charge in [-0.05, 0) is 30.5 Å². The van der Waals surface area contributed by atoms with Gasteiger partial charge in [0, 0.05) is 29.4 Å². The molecule has 0 spiro atoms. The zero-order valence-corrected chi connectivity index (χ0v) is 17.0. The van der Waals surface area contributed by atoms with Crippen molar-refractivity contribution >= 4 is 39.9 Å². The molecule has 4 rings (SSSR count). The van der Waals surface area contributed by atoms with E-state index in [4.69, 9.17) is 11.5 Å². The van der Waals surface area contributed by atoms with Crippen LogP contribution in [0.4, 0.5) is 15.5 Å². The van der Waals surface area contributed by atoms with Crippen LogP contribution in [0.5, 0.6) is 0 Å². The van der Waals surface area contributed by atoms with E-state index in [0.717, 1.165) is 27.4 Å². The Morgan fingerprint density at radius 2 is 1.93 bits per heavy atom. The van der Waals surface area contributed by atoms with Gasteiger partial charge in [0.15, 0.2) is 0 Å². The molecule has 0 saturated heterocycles. The highest BCUT2D eigenvalue weighted by atomic mass is 32.1. The third-order valence-electron chi connectivity index (χ3n) is 5.00. The minimum Gasteiger partial charge on any atom is -0.365 e. The van der Waals surface area contributed by atoms with Crippen LogP contribution in [0, 0.1) is 0 Å². The number of hydrogen-bond donors (Lipinski definition) is 3. The largest absolute Gasteiger partial charge is 0.365 e. The average Bonchev–Trinajstić information content (AvgIpc) is 3.27. The van der Waals surface area contributed by atoms with E-state index in [0.29, 0.717) is 17.8 Å². The molecule has 0 aliphatic heterocycles. The van der Waals surface area contributed by atoms with Crippen LogP contribution in [0.3, 0.4) is 0 Å². The summed E-state index contributed by atoms with van der Waals surface area (Å²) in [7, 11) is 1.72. The number of aryl methyl sites for hydroxylation is 1. The molecule has 9 nitrogen and oxygen atoms in total. The first-order chi connectivity index (χ1) is 14.3. The van der Waals surface area contributed by atoms with E-state index in [1.54, 1.807) is 22.8 Å². The summed E-state index contributed by atoms with van der Waals surface area (Å²) in [5.74, 6) is -0.729. The maximum Gasteiger partial charge on any atom is 0.317 e. The van der Waals surface area contributed by atoms with Crippen molar-refractivity contribution in [1.82, 2.24) is 9.78 Å². The summed E-state index contributed by atoms with van der Waals surface area (Å²) in [6, 6.07) is 8.60. The number of nitrogens with two attached hydrogens (primary N) is 2. The smallest absolute Gasteiger partial charge is 0.317 e. The number of nitrogens with zero attached hydrogens (tertiary/aromatic N) is 3. The number of amides is 4. The second-order valence-corrected chi connectivity index (χ2v) is 7.96. The number of carbonyl (C=O) groups is 3. The van der Waals surface area contributed by atoms with Crippen molar-refractivity contribution in [2.75, 3.05) is 17.3 Å². The van der Waals surface area contributed by atoms with Gasteiger partial charge in [-0.2, -0.15) is 5.10 Å². The number of anilines is 2. The molecule has 0 unspecified atom stereocenters. The number of rotatable bonds is 5. The quantitative estimate of drug-likeness (QED) is 0.577. The zero-order valence-electron chi connectivity index (χ0n) is 16.2. The SMILES string of the molecule is CN(C(=O)Cn1cc2c(n1)CCc1c-2sc(NC(N)=O)c1C(N)=O)c1ccccc1. The lowest BCUT2D eigenvalue weighted by molar-refractivity contribution is -0.119. The molecule has 2 aromatic heterocycles. The van der Waals surface area contributed by atoms with Gasteiger partial charge in [0.2, 0.25) is 5.91 Å². The second kappa shape index (κ2) is 7.64. The first-order valence-electron chi connectivity index (χ1n) is 9.25. The van der Waals surface area contributed by atoms with E-state index in [9.17, 15) is 14.4 Å². The Kier molecular flexibility index (Phi) is 5.00. The number of benzene rings is 1. The number of thiophene rings is 1. The van der Waals surface area contributed by atoms with Crippen molar-refractivity contribution in [1.29, 1.82) is 0 Å². The number of para-hydroxylation sites is 1. The normalized spacial score (nSPS) is 12.0. The Morgan fingerprint density at radius 3 is 2.60 bits per heavy atom. The van der Waals surface area contributed by atoms with Gasteiger partial charge in [0.25, 0.3) is 5.91 Å². The number of primary amides is 2. The molecule has 4 amide bonds. The fourth-order valence-electron chi connectivity index (χ4n) is 3.58. The molecular formula is C20H20N6O3S.